The summed E-state index contributed by atoms with van der Waals surface area (Å²) in [4.78, 5) is 20.1. The van der Waals surface area contributed by atoms with Crippen molar-refractivity contribution >= 4 is 78.7 Å². The van der Waals surface area contributed by atoms with Gasteiger partial charge in [-0.15, -0.1) is 0 Å². The fourth-order valence-electron chi connectivity index (χ4n) is 6.83. The lowest BCUT2D eigenvalue weighted by atomic mass is 10.0. The zero-order valence-corrected chi connectivity index (χ0v) is 25.5. The molecule has 3 heterocycles. The van der Waals surface area contributed by atoms with Crippen LogP contribution in [0.2, 0.25) is 0 Å². The number of benzene rings is 6. The van der Waals surface area contributed by atoms with Gasteiger partial charge in [0.1, 0.15) is 5.65 Å². The van der Waals surface area contributed by atoms with Gasteiger partial charge in [-0.3, -0.25) is 14.0 Å². The summed E-state index contributed by atoms with van der Waals surface area (Å²) < 4.78 is 4.42. The molecule has 0 N–H and O–H groups in total. The lowest BCUT2D eigenvalue weighted by Gasteiger charge is -2.13. The molecule has 0 fully saturated rings. The summed E-state index contributed by atoms with van der Waals surface area (Å²) >= 11 is 0. The summed E-state index contributed by atoms with van der Waals surface area (Å²) in [6.45, 7) is 4.53. The van der Waals surface area contributed by atoms with E-state index in [1.807, 2.05) is 54.6 Å². The van der Waals surface area contributed by atoms with Crippen LogP contribution >= 0.6 is 0 Å². The highest BCUT2D eigenvalue weighted by Crippen LogP contribution is 2.40. The number of aliphatic imine (C=N–C) groups is 3. The fourth-order valence-corrected chi connectivity index (χ4v) is 6.83. The monoisotopic (exact) mass is 604 g/mol. The first-order valence-electron chi connectivity index (χ1n) is 15.6. The molecule has 3 aromatic heterocycles. The summed E-state index contributed by atoms with van der Waals surface area (Å²) in [7, 11) is 0. The molecule has 0 atom stereocenters. The summed E-state index contributed by atoms with van der Waals surface area (Å²) in [6.07, 6.45) is 0. The molecule has 9 rings (SSSR count). The molecule has 6 aromatic carbocycles. The lowest BCUT2D eigenvalue weighted by molar-refractivity contribution is 1.06. The number of aromatic nitrogens is 3. The maximum absolute atomic E-state index is 5.25. The van der Waals surface area contributed by atoms with E-state index in [-0.39, 0.29) is 0 Å². The highest BCUT2D eigenvalue weighted by molar-refractivity contribution is 6.29. The molecule has 0 aliphatic rings. The Morgan fingerprint density at radius 3 is 1.98 bits per heavy atom. The van der Waals surface area contributed by atoms with Crippen LogP contribution in [0, 0.1) is 0 Å². The predicted octanol–water partition coefficient (Wildman–Crippen LogP) is 9.45. The second-order valence-corrected chi connectivity index (χ2v) is 11.6. The van der Waals surface area contributed by atoms with E-state index in [1.54, 1.807) is 0 Å². The van der Waals surface area contributed by atoms with Crippen LogP contribution in [0.5, 0.6) is 0 Å². The summed E-state index contributed by atoms with van der Waals surface area (Å²) in [5, 5.41) is 5.50. The number of nitrogens with zero attached hydrogens (tertiary/aromatic N) is 6. The second-order valence-electron chi connectivity index (χ2n) is 11.6. The van der Waals surface area contributed by atoms with Crippen LogP contribution < -0.4 is 0 Å². The Balaban J connectivity index is 1.42. The molecular weight excluding hydrogens is 576 g/mol. The first kappa shape index (κ1) is 27.0. The van der Waals surface area contributed by atoms with Gasteiger partial charge in [0.25, 0.3) is 0 Å². The smallest absolute Gasteiger partial charge is 0.236 e. The van der Waals surface area contributed by atoms with E-state index in [9.17, 15) is 0 Å². The SMILES string of the molecule is C=NC(=NC(=NCc1ccccc1)c1ccccc1)n1c2ccccc2c2ccc3c4ccccc4n4c5ccccc5nc4c3c21. The minimum Gasteiger partial charge on any atom is -0.292 e. The number of para-hydroxylation sites is 4. The molecule has 9 aromatic rings. The number of imidazole rings is 1. The molecule has 0 aliphatic carbocycles. The van der Waals surface area contributed by atoms with Gasteiger partial charge in [-0.25, -0.2) is 9.98 Å². The number of pyridine rings is 1. The van der Waals surface area contributed by atoms with Crippen molar-refractivity contribution in [1.82, 2.24) is 14.0 Å². The third-order valence-corrected chi connectivity index (χ3v) is 8.89. The molecule has 0 bridgehead atoms. The predicted molar refractivity (Wildman–Crippen MR) is 196 cm³/mol. The highest BCUT2D eigenvalue weighted by Gasteiger charge is 2.22. The minimum atomic E-state index is 0.446. The van der Waals surface area contributed by atoms with Crippen molar-refractivity contribution in [1.29, 1.82) is 0 Å². The van der Waals surface area contributed by atoms with E-state index in [0.29, 0.717) is 18.3 Å². The molecule has 0 aliphatic heterocycles. The Morgan fingerprint density at radius 2 is 1.21 bits per heavy atom. The van der Waals surface area contributed by atoms with Crippen LogP contribution in [0.4, 0.5) is 0 Å². The zero-order valence-electron chi connectivity index (χ0n) is 25.5. The fraction of sp³-hybridized carbons (Fsp3) is 0.0244. The molecule has 6 nitrogen and oxygen atoms in total. The van der Waals surface area contributed by atoms with Gasteiger partial charge in [-0.05, 0) is 41.9 Å². The van der Waals surface area contributed by atoms with Crippen LogP contribution in [0.3, 0.4) is 0 Å². The van der Waals surface area contributed by atoms with E-state index in [4.69, 9.17) is 15.0 Å². The largest absolute Gasteiger partial charge is 0.292 e. The average molecular weight is 605 g/mol. The van der Waals surface area contributed by atoms with Crippen molar-refractivity contribution in [3.63, 3.8) is 0 Å². The number of amidine groups is 1. The van der Waals surface area contributed by atoms with E-state index in [1.165, 1.54) is 0 Å². The maximum Gasteiger partial charge on any atom is 0.236 e. The molecule has 0 saturated carbocycles. The Morgan fingerprint density at radius 1 is 0.596 bits per heavy atom. The second kappa shape index (κ2) is 10.9. The van der Waals surface area contributed by atoms with Crippen molar-refractivity contribution in [3.8, 4) is 0 Å². The molecule has 47 heavy (non-hydrogen) atoms. The Labute approximate surface area is 270 Å². The Bertz CT molecular complexity index is 2720. The van der Waals surface area contributed by atoms with E-state index in [0.717, 1.165) is 71.3 Å². The normalized spacial score (nSPS) is 12.7. The summed E-state index contributed by atoms with van der Waals surface area (Å²) in [5.41, 5.74) is 7.99. The lowest BCUT2D eigenvalue weighted by Crippen LogP contribution is -2.13. The van der Waals surface area contributed by atoms with Crippen LogP contribution in [-0.2, 0) is 6.54 Å². The third-order valence-electron chi connectivity index (χ3n) is 8.89. The van der Waals surface area contributed by atoms with Crippen molar-refractivity contribution in [3.05, 3.63) is 157 Å². The van der Waals surface area contributed by atoms with Gasteiger partial charge >= 0.3 is 0 Å². The first-order chi connectivity index (χ1) is 23.3. The van der Waals surface area contributed by atoms with Gasteiger partial charge in [-0.1, -0.05) is 121 Å². The minimum absolute atomic E-state index is 0.446. The quantitative estimate of drug-likeness (QED) is 0.113. The van der Waals surface area contributed by atoms with Gasteiger partial charge < -0.3 is 0 Å². The highest BCUT2D eigenvalue weighted by atomic mass is 15.2. The van der Waals surface area contributed by atoms with Crippen molar-refractivity contribution in [2.24, 2.45) is 15.0 Å². The van der Waals surface area contributed by atoms with Gasteiger partial charge in [0.05, 0.1) is 39.5 Å². The molecule has 0 saturated heterocycles. The molecule has 0 spiro atoms. The van der Waals surface area contributed by atoms with Crippen molar-refractivity contribution < 1.29 is 0 Å². The first-order valence-corrected chi connectivity index (χ1v) is 15.6. The zero-order chi connectivity index (χ0) is 31.3. The Kier molecular flexibility index (Phi) is 6.25. The van der Waals surface area contributed by atoms with Crippen LogP contribution in [-0.4, -0.2) is 32.5 Å². The van der Waals surface area contributed by atoms with Crippen LogP contribution in [0.25, 0.3) is 60.2 Å². The molecule has 6 heteroatoms. The summed E-state index contributed by atoms with van der Waals surface area (Å²) in [5.74, 6) is 1.03. The molecule has 222 valence electrons. The van der Waals surface area contributed by atoms with Gasteiger partial charge in [0.15, 0.2) is 5.84 Å². The molecule has 0 unspecified atom stereocenters. The third kappa shape index (κ3) is 4.26. The Hall–Kier alpha value is -6.40. The summed E-state index contributed by atoms with van der Waals surface area (Å²) in [6, 6.07) is 50.0. The number of rotatable bonds is 3. The van der Waals surface area contributed by atoms with E-state index in [2.05, 4.69) is 112 Å². The molecular formula is C41H28N6. The van der Waals surface area contributed by atoms with E-state index < -0.39 is 0 Å². The van der Waals surface area contributed by atoms with Crippen molar-refractivity contribution in [2.45, 2.75) is 6.54 Å². The van der Waals surface area contributed by atoms with Crippen LogP contribution in [0.1, 0.15) is 11.1 Å². The number of fused-ring (bicyclic) bond motifs is 12. The van der Waals surface area contributed by atoms with Crippen LogP contribution in [0.15, 0.2) is 161 Å². The molecule has 0 radical (unpaired) electrons. The average Bonchev–Trinajstić information content (AvgIpc) is 3.69. The van der Waals surface area contributed by atoms with Gasteiger partial charge in [0.2, 0.25) is 5.96 Å². The van der Waals surface area contributed by atoms with Gasteiger partial charge in [0, 0.05) is 21.7 Å². The molecule has 0 amide bonds. The topological polar surface area (TPSA) is 59.3 Å². The van der Waals surface area contributed by atoms with Gasteiger partial charge in [-0.2, -0.15) is 4.99 Å². The van der Waals surface area contributed by atoms with E-state index >= 15 is 0 Å². The maximum atomic E-state index is 5.25. The van der Waals surface area contributed by atoms with Crippen molar-refractivity contribution in [2.75, 3.05) is 0 Å². The number of hydrogen-bond donors (Lipinski definition) is 0. The number of hydrogen-bond acceptors (Lipinski definition) is 2. The standard InChI is InChI=1S/C41H28N6/c1-42-41(45-39(28-16-6-3-7-17-28)43-26-27-14-4-2-5-15-27)47-35-22-12-9-19-30(35)32-25-24-31-29-18-8-11-21-34(29)46-36-23-13-10-20-33(36)44-40(46)37(31)38(32)47/h2-25H,1,26H2.